The van der Waals surface area contributed by atoms with E-state index in [2.05, 4.69) is 0 Å². The number of hydrogen-bond acceptors (Lipinski definition) is 9. The Morgan fingerprint density at radius 3 is 1.64 bits per heavy atom. The third-order valence-corrected chi connectivity index (χ3v) is 5.33. The van der Waals surface area contributed by atoms with Crippen molar-refractivity contribution in [3.8, 4) is 5.75 Å². The molecule has 0 radical (unpaired) electrons. The molecule has 2 atom stereocenters. The Hall–Kier alpha value is -3.95. The number of hydrogen-bond donors (Lipinski definition) is 2. The first-order chi connectivity index (χ1) is 17.3. The van der Waals surface area contributed by atoms with Gasteiger partial charge in [-0.3, -0.25) is 0 Å². The van der Waals surface area contributed by atoms with Crippen LogP contribution in [0.5, 0.6) is 5.75 Å². The lowest BCUT2D eigenvalue weighted by Crippen LogP contribution is -2.25. The molecule has 0 aliphatic heterocycles. The minimum Gasteiger partial charge on any atom is -0.497 e. The Morgan fingerprint density at radius 1 is 0.667 bits per heavy atom. The molecule has 36 heavy (non-hydrogen) atoms. The third kappa shape index (κ3) is 7.27. The molecule has 0 saturated heterocycles. The highest BCUT2D eigenvalue weighted by Gasteiger charge is 2.16. The van der Waals surface area contributed by atoms with Gasteiger partial charge in [-0.2, -0.15) is 0 Å². The molecule has 0 bridgehead atoms. The lowest BCUT2D eigenvalue weighted by atomic mass is 10.1. The highest BCUT2D eigenvalue weighted by Crippen LogP contribution is 2.22. The largest absolute Gasteiger partial charge is 0.497 e. The van der Waals surface area contributed by atoms with Gasteiger partial charge in [0, 0.05) is 0 Å². The molecule has 3 rings (SSSR count). The molecule has 0 spiro atoms. The van der Waals surface area contributed by atoms with Crippen LogP contribution in [0.4, 0.5) is 0 Å². The van der Waals surface area contributed by atoms with Gasteiger partial charge in [0.2, 0.25) is 0 Å². The van der Waals surface area contributed by atoms with Crippen LogP contribution in [0.1, 0.15) is 44.4 Å². The van der Waals surface area contributed by atoms with E-state index >= 15 is 0 Å². The van der Waals surface area contributed by atoms with Crippen LogP contribution in [0.3, 0.4) is 0 Å². The summed E-state index contributed by atoms with van der Waals surface area (Å²) in [5.74, 6) is -1.25. The van der Waals surface area contributed by atoms with Crippen molar-refractivity contribution in [2.24, 2.45) is 0 Å². The smallest absolute Gasteiger partial charge is 0.338 e. The third-order valence-electron chi connectivity index (χ3n) is 5.33. The van der Waals surface area contributed by atoms with E-state index in [9.17, 15) is 24.6 Å². The van der Waals surface area contributed by atoms with Gasteiger partial charge < -0.3 is 29.2 Å². The summed E-state index contributed by atoms with van der Waals surface area (Å²) >= 11 is 0. The SMILES string of the molecule is CCC(O)COC(=O)c1ccc(C(=O)OCC(O)COC(=O)c2ccc3cc(OC)ccc3c2)cc1. The molecule has 0 amide bonds. The summed E-state index contributed by atoms with van der Waals surface area (Å²) in [5, 5.41) is 21.3. The van der Waals surface area contributed by atoms with E-state index in [0.717, 1.165) is 10.8 Å². The van der Waals surface area contributed by atoms with Gasteiger partial charge in [0.25, 0.3) is 0 Å². The van der Waals surface area contributed by atoms with Crippen LogP contribution in [0.2, 0.25) is 0 Å². The summed E-state index contributed by atoms with van der Waals surface area (Å²) in [5.41, 5.74) is 0.700. The van der Waals surface area contributed by atoms with Crippen LogP contribution >= 0.6 is 0 Å². The molecule has 9 nitrogen and oxygen atoms in total. The summed E-state index contributed by atoms with van der Waals surface area (Å²) in [6, 6.07) is 16.1. The minimum absolute atomic E-state index is 0.113. The maximum Gasteiger partial charge on any atom is 0.338 e. The number of benzene rings is 3. The van der Waals surface area contributed by atoms with E-state index in [4.69, 9.17) is 18.9 Å². The molecule has 0 aliphatic carbocycles. The molecule has 190 valence electrons. The zero-order chi connectivity index (χ0) is 26.1. The maximum absolute atomic E-state index is 12.3. The molecule has 0 saturated carbocycles. The highest BCUT2D eigenvalue weighted by molar-refractivity contribution is 5.96. The first-order valence-corrected chi connectivity index (χ1v) is 11.4. The van der Waals surface area contributed by atoms with Gasteiger partial charge in [0.05, 0.1) is 29.9 Å². The number of ether oxygens (including phenoxy) is 4. The molecule has 0 heterocycles. The predicted octanol–water partition coefficient (Wildman–Crippen LogP) is 3.15. The van der Waals surface area contributed by atoms with Gasteiger partial charge in [0.1, 0.15) is 31.7 Å². The Morgan fingerprint density at radius 2 is 1.11 bits per heavy atom. The normalized spacial score (nSPS) is 12.4. The molecule has 2 N–H and O–H groups in total. The van der Waals surface area contributed by atoms with Crippen molar-refractivity contribution in [1.29, 1.82) is 0 Å². The monoisotopic (exact) mass is 496 g/mol. The average Bonchev–Trinajstić information content (AvgIpc) is 2.92. The van der Waals surface area contributed by atoms with Gasteiger partial charge >= 0.3 is 17.9 Å². The van der Waals surface area contributed by atoms with E-state index in [1.807, 2.05) is 12.1 Å². The van der Waals surface area contributed by atoms with Gasteiger partial charge in [-0.1, -0.05) is 19.1 Å². The number of carbonyl (C=O) groups is 3. The summed E-state index contributed by atoms with van der Waals surface area (Å²) < 4.78 is 20.4. The van der Waals surface area contributed by atoms with Crippen molar-refractivity contribution >= 4 is 28.7 Å². The molecule has 0 aromatic heterocycles. The van der Waals surface area contributed by atoms with Gasteiger partial charge in [-0.25, -0.2) is 14.4 Å². The number of aliphatic hydroxyl groups excluding tert-OH is 2. The number of methoxy groups -OCH3 is 1. The number of carbonyl (C=O) groups excluding carboxylic acids is 3. The lowest BCUT2D eigenvalue weighted by molar-refractivity contribution is -0.00471. The van der Waals surface area contributed by atoms with Crippen LogP contribution < -0.4 is 4.74 Å². The first kappa shape index (κ1) is 26.7. The predicted molar refractivity (Wildman–Crippen MR) is 130 cm³/mol. The standard InChI is InChI=1S/C27H28O9/c1-3-22(28)14-34-25(30)17-4-6-18(7-5-17)26(31)35-15-23(29)16-36-27(32)21-9-8-20-13-24(33-2)11-10-19(20)12-21/h4-13,22-23,28-29H,3,14-16H2,1-2H3. The molecule has 3 aromatic rings. The fourth-order valence-electron chi connectivity index (χ4n) is 3.15. The van der Waals surface area contributed by atoms with Gasteiger partial charge in [-0.15, -0.1) is 0 Å². The summed E-state index contributed by atoms with van der Waals surface area (Å²) in [6.07, 6.45) is -1.49. The zero-order valence-electron chi connectivity index (χ0n) is 20.0. The fraction of sp³-hybridized carbons (Fsp3) is 0.296. The van der Waals surface area contributed by atoms with E-state index in [0.29, 0.717) is 17.7 Å². The number of esters is 3. The minimum atomic E-state index is -1.22. The maximum atomic E-state index is 12.3. The molecular formula is C27H28O9. The van der Waals surface area contributed by atoms with Crippen LogP contribution in [-0.4, -0.2) is 67.3 Å². The Bertz CT molecular complexity index is 1200. The van der Waals surface area contributed by atoms with Crippen molar-refractivity contribution in [2.75, 3.05) is 26.9 Å². The van der Waals surface area contributed by atoms with Crippen molar-refractivity contribution in [3.63, 3.8) is 0 Å². The molecule has 9 heteroatoms. The van der Waals surface area contributed by atoms with Crippen LogP contribution in [0.25, 0.3) is 10.8 Å². The number of aliphatic hydroxyl groups is 2. The van der Waals surface area contributed by atoms with Crippen LogP contribution in [0.15, 0.2) is 60.7 Å². The van der Waals surface area contributed by atoms with Gasteiger partial charge in [0.15, 0.2) is 0 Å². The van der Waals surface area contributed by atoms with Crippen molar-refractivity contribution < 1.29 is 43.5 Å². The lowest BCUT2D eigenvalue weighted by Gasteiger charge is -2.13. The second-order valence-corrected chi connectivity index (χ2v) is 8.02. The summed E-state index contributed by atoms with van der Waals surface area (Å²) in [6.45, 7) is 0.907. The quantitative estimate of drug-likeness (QED) is 0.304. The Labute approximate surface area is 208 Å². The zero-order valence-corrected chi connectivity index (χ0v) is 20.0. The van der Waals surface area contributed by atoms with Crippen molar-refractivity contribution in [1.82, 2.24) is 0 Å². The topological polar surface area (TPSA) is 129 Å². The van der Waals surface area contributed by atoms with E-state index in [1.54, 1.807) is 38.3 Å². The van der Waals surface area contributed by atoms with Crippen molar-refractivity contribution in [2.45, 2.75) is 25.6 Å². The Kier molecular flexibility index (Phi) is 9.38. The van der Waals surface area contributed by atoms with Crippen LogP contribution in [0, 0.1) is 0 Å². The molecule has 3 aromatic carbocycles. The molecule has 0 fully saturated rings. The van der Waals surface area contributed by atoms with Gasteiger partial charge in [-0.05, 0) is 65.7 Å². The van der Waals surface area contributed by atoms with Crippen LogP contribution in [-0.2, 0) is 14.2 Å². The molecule has 0 aliphatic rings. The van der Waals surface area contributed by atoms with E-state index in [-0.39, 0.29) is 30.9 Å². The second kappa shape index (κ2) is 12.7. The first-order valence-electron chi connectivity index (χ1n) is 11.4. The average molecular weight is 497 g/mol. The number of rotatable bonds is 11. The van der Waals surface area contributed by atoms with Crippen molar-refractivity contribution in [3.05, 3.63) is 77.4 Å². The second-order valence-electron chi connectivity index (χ2n) is 8.02. The highest BCUT2D eigenvalue weighted by atomic mass is 16.6. The summed E-state index contributed by atoms with van der Waals surface area (Å²) in [4.78, 5) is 36.5. The van der Waals surface area contributed by atoms with E-state index < -0.39 is 30.1 Å². The van der Waals surface area contributed by atoms with E-state index in [1.165, 1.54) is 24.3 Å². The Balaban J connectivity index is 1.45. The fourth-order valence-corrected chi connectivity index (χ4v) is 3.15. The number of fused-ring (bicyclic) bond motifs is 1. The molecule has 2 unspecified atom stereocenters. The summed E-state index contributed by atoms with van der Waals surface area (Å²) in [7, 11) is 1.58. The molecular weight excluding hydrogens is 468 g/mol.